The number of anilines is 1. The summed E-state index contributed by atoms with van der Waals surface area (Å²) in [7, 11) is 3.13. The van der Waals surface area contributed by atoms with Crippen LogP contribution in [0.2, 0.25) is 0 Å². The number of benzene rings is 2. The summed E-state index contributed by atoms with van der Waals surface area (Å²) in [5.41, 5.74) is 3.22. The van der Waals surface area contributed by atoms with E-state index < -0.39 is 0 Å². The molecule has 0 spiro atoms. The van der Waals surface area contributed by atoms with E-state index in [4.69, 9.17) is 14.5 Å². The van der Waals surface area contributed by atoms with Crippen LogP contribution in [0.1, 0.15) is 11.3 Å². The van der Waals surface area contributed by atoms with Crippen molar-refractivity contribution < 1.29 is 14.3 Å². The fraction of sp³-hybridized carbons (Fsp3) is 0.308. The average Bonchev–Trinajstić information content (AvgIpc) is 3.34. The van der Waals surface area contributed by atoms with Crippen molar-refractivity contribution in [2.45, 2.75) is 13.5 Å². The molecule has 0 aliphatic carbocycles. The van der Waals surface area contributed by atoms with Gasteiger partial charge in [0, 0.05) is 50.4 Å². The van der Waals surface area contributed by atoms with Crippen LogP contribution in [0.4, 0.5) is 10.5 Å². The van der Waals surface area contributed by atoms with Crippen LogP contribution in [0.15, 0.2) is 53.3 Å². The number of piperazine rings is 1. The van der Waals surface area contributed by atoms with Crippen LogP contribution in [0.3, 0.4) is 0 Å². The molecule has 0 saturated carbocycles. The number of hydrogen-bond acceptors (Lipinski definition) is 8. The molecular weight excluding hydrogens is 492 g/mol. The van der Waals surface area contributed by atoms with Crippen LogP contribution in [-0.2, 0) is 6.54 Å². The van der Waals surface area contributed by atoms with Crippen LogP contribution < -0.4 is 20.3 Å². The van der Waals surface area contributed by atoms with Crippen LogP contribution >= 0.6 is 11.3 Å². The number of aromatic nitrogens is 3. The summed E-state index contributed by atoms with van der Waals surface area (Å²) < 4.78 is 11.9. The van der Waals surface area contributed by atoms with Crippen LogP contribution in [-0.4, -0.2) is 70.8 Å². The number of methoxy groups -OCH3 is 2. The third-order valence-corrected chi connectivity index (χ3v) is 7.25. The Bertz CT molecular complexity index is 1470. The minimum atomic E-state index is -0.193. The van der Waals surface area contributed by atoms with E-state index in [1.807, 2.05) is 31.2 Å². The van der Waals surface area contributed by atoms with Gasteiger partial charge in [0.05, 0.1) is 25.6 Å². The predicted octanol–water partition coefficient (Wildman–Crippen LogP) is 3.49. The maximum atomic E-state index is 12.8. The van der Waals surface area contributed by atoms with Gasteiger partial charge in [0.1, 0.15) is 16.5 Å². The van der Waals surface area contributed by atoms with Crippen molar-refractivity contribution in [3.8, 4) is 22.1 Å². The molecule has 0 atom stereocenters. The van der Waals surface area contributed by atoms with Crippen molar-refractivity contribution in [3.05, 3.63) is 70.1 Å². The van der Waals surface area contributed by atoms with E-state index in [1.54, 1.807) is 43.4 Å². The Morgan fingerprint density at radius 1 is 1.03 bits per heavy atom. The summed E-state index contributed by atoms with van der Waals surface area (Å²) in [6.07, 6.45) is 0. The van der Waals surface area contributed by atoms with Gasteiger partial charge in [0.25, 0.3) is 5.56 Å². The summed E-state index contributed by atoms with van der Waals surface area (Å²) >= 11 is 1.40. The summed E-state index contributed by atoms with van der Waals surface area (Å²) in [5.74, 6) is 1.19. The van der Waals surface area contributed by atoms with Gasteiger partial charge in [-0.2, -0.15) is 9.61 Å². The highest BCUT2D eigenvalue weighted by Crippen LogP contribution is 2.29. The second-order valence-electron chi connectivity index (χ2n) is 8.81. The Hall–Kier alpha value is -3.96. The van der Waals surface area contributed by atoms with E-state index in [0.29, 0.717) is 60.6 Å². The zero-order valence-corrected chi connectivity index (χ0v) is 21.7. The number of carbonyl (C=O) groups excluding carboxylic acids is 1. The highest BCUT2D eigenvalue weighted by atomic mass is 32.1. The number of hydrogen-bond donors (Lipinski definition) is 1. The molecule has 1 saturated heterocycles. The molecule has 1 aliphatic heterocycles. The molecule has 0 bridgehead atoms. The van der Waals surface area contributed by atoms with Crippen LogP contribution in [0, 0.1) is 6.92 Å². The normalized spacial score (nSPS) is 14.1. The lowest BCUT2D eigenvalue weighted by molar-refractivity contribution is 0.142. The second-order valence-corrected chi connectivity index (χ2v) is 9.77. The number of carbonyl (C=O) groups is 1. The first-order valence-corrected chi connectivity index (χ1v) is 12.7. The van der Waals surface area contributed by atoms with Gasteiger partial charge in [-0.25, -0.2) is 9.78 Å². The summed E-state index contributed by atoms with van der Waals surface area (Å²) in [4.78, 5) is 34.8. The van der Waals surface area contributed by atoms with E-state index in [9.17, 15) is 9.59 Å². The maximum Gasteiger partial charge on any atom is 0.322 e. The van der Waals surface area contributed by atoms with E-state index >= 15 is 0 Å². The van der Waals surface area contributed by atoms with Crippen molar-refractivity contribution in [2.24, 2.45) is 0 Å². The Kier molecular flexibility index (Phi) is 7.06. The fourth-order valence-corrected chi connectivity index (χ4v) is 5.11. The number of ether oxygens (including phenoxy) is 2. The van der Waals surface area contributed by atoms with Gasteiger partial charge in [0.15, 0.2) is 0 Å². The Morgan fingerprint density at radius 3 is 2.49 bits per heavy atom. The van der Waals surface area contributed by atoms with Gasteiger partial charge >= 0.3 is 6.03 Å². The van der Waals surface area contributed by atoms with Crippen LogP contribution in [0.5, 0.6) is 11.5 Å². The first-order chi connectivity index (χ1) is 17.9. The SMILES string of the molecule is COc1ccc(NC(=O)N2CCN(Cc3cc(=O)n4nc(-c5ccc(C)cc5)sc4n3)CC2)c(OC)c1. The first-order valence-electron chi connectivity index (χ1n) is 11.9. The molecular formula is C26H28N6O4S. The molecule has 2 aromatic heterocycles. The zero-order valence-electron chi connectivity index (χ0n) is 20.9. The third-order valence-electron chi connectivity index (χ3n) is 6.29. The van der Waals surface area contributed by atoms with Gasteiger partial charge in [-0.05, 0) is 19.1 Å². The molecule has 1 N–H and O–H groups in total. The van der Waals surface area contributed by atoms with E-state index in [1.165, 1.54) is 21.4 Å². The second kappa shape index (κ2) is 10.6. The van der Waals surface area contributed by atoms with Crippen molar-refractivity contribution in [3.63, 3.8) is 0 Å². The van der Waals surface area contributed by atoms with E-state index in [-0.39, 0.29) is 11.6 Å². The van der Waals surface area contributed by atoms with Gasteiger partial charge < -0.3 is 19.7 Å². The van der Waals surface area contributed by atoms with Crippen LogP contribution in [0.25, 0.3) is 15.5 Å². The zero-order chi connectivity index (χ0) is 25.9. The number of nitrogens with one attached hydrogen (secondary N) is 1. The predicted molar refractivity (Wildman–Crippen MR) is 143 cm³/mol. The lowest BCUT2D eigenvalue weighted by Crippen LogP contribution is -2.49. The molecule has 3 heterocycles. The lowest BCUT2D eigenvalue weighted by Gasteiger charge is -2.34. The standard InChI is InChI=1S/C26H28N6O4S/c1-17-4-6-18(7-5-17)24-29-32-23(33)14-19(27-26(32)37-24)16-30-10-12-31(13-11-30)25(34)28-21-9-8-20(35-2)15-22(21)36-3/h4-9,14-15H,10-13,16H2,1-3H3,(H,28,34). The molecule has 1 fully saturated rings. The largest absolute Gasteiger partial charge is 0.497 e. The summed E-state index contributed by atoms with van der Waals surface area (Å²) in [6, 6.07) is 14.7. The minimum Gasteiger partial charge on any atom is -0.497 e. The molecule has 0 unspecified atom stereocenters. The molecule has 2 amide bonds. The number of rotatable bonds is 6. The summed E-state index contributed by atoms with van der Waals surface area (Å²) in [6.45, 7) is 5.03. The fourth-order valence-electron chi connectivity index (χ4n) is 4.18. The first kappa shape index (κ1) is 24.7. The van der Waals surface area contributed by atoms with Gasteiger partial charge in [-0.3, -0.25) is 9.69 Å². The monoisotopic (exact) mass is 520 g/mol. The highest BCUT2D eigenvalue weighted by molar-refractivity contribution is 7.19. The number of nitrogens with zero attached hydrogens (tertiary/aromatic N) is 5. The minimum absolute atomic E-state index is 0.186. The molecule has 2 aromatic carbocycles. The van der Waals surface area contributed by atoms with Gasteiger partial charge in [-0.1, -0.05) is 41.2 Å². The molecule has 37 heavy (non-hydrogen) atoms. The number of fused-ring (bicyclic) bond motifs is 1. The molecule has 11 heteroatoms. The maximum absolute atomic E-state index is 12.8. The van der Waals surface area contributed by atoms with Crippen molar-refractivity contribution in [1.82, 2.24) is 24.4 Å². The van der Waals surface area contributed by atoms with E-state index in [0.717, 1.165) is 10.6 Å². The molecule has 0 radical (unpaired) electrons. The molecule has 1 aliphatic rings. The van der Waals surface area contributed by atoms with E-state index in [2.05, 4.69) is 15.3 Å². The molecule has 10 nitrogen and oxygen atoms in total. The quantitative estimate of drug-likeness (QED) is 0.415. The molecule has 192 valence electrons. The Morgan fingerprint density at radius 2 is 1.78 bits per heavy atom. The number of aryl methyl sites for hydroxylation is 1. The average molecular weight is 521 g/mol. The smallest absolute Gasteiger partial charge is 0.322 e. The lowest BCUT2D eigenvalue weighted by atomic mass is 10.2. The van der Waals surface area contributed by atoms with Crippen molar-refractivity contribution >= 4 is 28.0 Å². The molecule has 4 aromatic rings. The van der Waals surface area contributed by atoms with Gasteiger partial charge in [-0.15, -0.1) is 0 Å². The Balaban J connectivity index is 1.21. The van der Waals surface area contributed by atoms with Crippen molar-refractivity contribution in [2.75, 3.05) is 45.7 Å². The number of urea groups is 1. The summed E-state index contributed by atoms with van der Waals surface area (Å²) in [5, 5.41) is 8.14. The Labute approximate surface area is 218 Å². The van der Waals surface area contributed by atoms with Crippen molar-refractivity contribution in [1.29, 1.82) is 0 Å². The molecule has 5 rings (SSSR count). The topological polar surface area (TPSA) is 101 Å². The third kappa shape index (κ3) is 5.42. The number of amides is 2. The van der Waals surface area contributed by atoms with Gasteiger partial charge in [0.2, 0.25) is 4.96 Å². The highest BCUT2D eigenvalue weighted by Gasteiger charge is 2.23.